The maximum Gasteiger partial charge on any atom is 0.419 e. The number of hydrogen-bond donors (Lipinski definition) is 1. The molecule has 0 aliphatic carbocycles. The Bertz CT molecular complexity index is 506. The first-order valence-electron chi connectivity index (χ1n) is 4.55. The molecule has 0 aliphatic heterocycles. The van der Waals surface area contributed by atoms with Gasteiger partial charge >= 0.3 is 6.18 Å². The zero-order valence-electron chi connectivity index (χ0n) is 8.39. The Kier molecular flexibility index (Phi) is 2.80. The molecule has 0 fully saturated rings. The van der Waals surface area contributed by atoms with Crippen molar-refractivity contribution in [2.24, 2.45) is 0 Å². The highest BCUT2D eigenvalue weighted by molar-refractivity contribution is 5.17. The largest absolute Gasteiger partial charge is 0.419 e. The number of rotatable bonds is 2. The first kappa shape index (κ1) is 11.5. The number of aliphatic hydroxyl groups is 1. The lowest BCUT2D eigenvalue weighted by Gasteiger charge is -2.01. The molecule has 0 atom stereocenters. The van der Waals surface area contributed by atoms with E-state index < -0.39 is 11.7 Å². The van der Waals surface area contributed by atoms with Crippen LogP contribution in [0, 0.1) is 0 Å². The molecule has 8 heteroatoms. The number of alkyl halides is 3. The van der Waals surface area contributed by atoms with Crippen molar-refractivity contribution in [1.82, 2.24) is 19.7 Å². The third kappa shape index (κ3) is 2.41. The van der Waals surface area contributed by atoms with Crippen molar-refractivity contribution < 1.29 is 18.3 Å². The van der Waals surface area contributed by atoms with Gasteiger partial charge in [-0.25, -0.2) is 14.6 Å². The minimum absolute atomic E-state index is 0.0118. The highest BCUT2D eigenvalue weighted by atomic mass is 19.4. The average Bonchev–Trinajstić information content (AvgIpc) is 2.78. The summed E-state index contributed by atoms with van der Waals surface area (Å²) < 4.78 is 37.8. The molecule has 5 nitrogen and oxygen atoms in total. The lowest BCUT2D eigenvalue weighted by Crippen LogP contribution is -2.04. The van der Waals surface area contributed by atoms with Crippen LogP contribution in [0.5, 0.6) is 0 Å². The Hall–Kier alpha value is -1.96. The van der Waals surface area contributed by atoms with Crippen LogP contribution in [0.25, 0.3) is 5.95 Å². The number of hydrogen-bond acceptors (Lipinski definition) is 4. The van der Waals surface area contributed by atoms with E-state index in [4.69, 9.17) is 5.11 Å². The molecular formula is C9H7F3N4O. The van der Waals surface area contributed by atoms with Gasteiger partial charge in [0.1, 0.15) is 0 Å². The summed E-state index contributed by atoms with van der Waals surface area (Å²) in [6.07, 6.45) is -0.310. The van der Waals surface area contributed by atoms with Crippen molar-refractivity contribution in [3.05, 3.63) is 35.9 Å². The number of aliphatic hydroxyl groups excluding tert-OH is 1. The van der Waals surface area contributed by atoms with Gasteiger partial charge in [0.25, 0.3) is 0 Å². The van der Waals surface area contributed by atoms with E-state index in [0.29, 0.717) is 11.8 Å². The Morgan fingerprint density at radius 2 is 1.82 bits per heavy atom. The van der Waals surface area contributed by atoms with Crippen LogP contribution < -0.4 is 0 Å². The molecule has 0 amide bonds. The molecular weight excluding hydrogens is 237 g/mol. The molecule has 0 radical (unpaired) electrons. The van der Waals surface area contributed by atoms with E-state index in [1.165, 1.54) is 12.4 Å². The summed E-state index contributed by atoms with van der Waals surface area (Å²) in [6, 6.07) is 0. The van der Waals surface area contributed by atoms with E-state index in [0.717, 1.165) is 10.9 Å². The van der Waals surface area contributed by atoms with Gasteiger partial charge in [-0.2, -0.15) is 18.3 Å². The van der Waals surface area contributed by atoms with Gasteiger partial charge in [-0.1, -0.05) is 0 Å². The Morgan fingerprint density at radius 3 is 2.29 bits per heavy atom. The highest BCUT2D eigenvalue weighted by Crippen LogP contribution is 2.28. The summed E-state index contributed by atoms with van der Waals surface area (Å²) in [6.45, 7) is -0.229. The summed E-state index contributed by atoms with van der Waals surface area (Å²) in [5.41, 5.74) is -0.399. The average molecular weight is 244 g/mol. The van der Waals surface area contributed by atoms with Gasteiger partial charge in [-0.15, -0.1) is 0 Å². The van der Waals surface area contributed by atoms with Gasteiger partial charge in [0.2, 0.25) is 5.95 Å². The van der Waals surface area contributed by atoms with Crippen LogP contribution in [0.15, 0.2) is 24.8 Å². The smallest absolute Gasteiger partial charge is 0.392 e. The van der Waals surface area contributed by atoms with Crippen LogP contribution in [0.3, 0.4) is 0 Å². The molecule has 0 bridgehead atoms. The molecule has 2 aromatic rings. The molecule has 1 N–H and O–H groups in total. The zero-order valence-corrected chi connectivity index (χ0v) is 8.39. The van der Waals surface area contributed by atoms with Gasteiger partial charge in [-0.3, -0.25) is 0 Å². The van der Waals surface area contributed by atoms with Crippen molar-refractivity contribution in [1.29, 1.82) is 0 Å². The predicted molar refractivity (Wildman–Crippen MR) is 50.1 cm³/mol. The number of aromatic nitrogens is 4. The molecule has 0 saturated heterocycles. The van der Waals surface area contributed by atoms with E-state index in [1.807, 2.05) is 0 Å². The monoisotopic (exact) mass is 244 g/mol. The SMILES string of the molecule is OCc1cnc(-n2cc(C(F)(F)F)cn2)nc1. The van der Waals surface area contributed by atoms with Gasteiger partial charge < -0.3 is 5.11 Å². The van der Waals surface area contributed by atoms with Crippen LogP contribution >= 0.6 is 0 Å². The molecule has 17 heavy (non-hydrogen) atoms. The molecule has 0 saturated carbocycles. The lowest BCUT2D eigenvalue weighted by molar-refractivity contribution is -0.137. The van der Waals surface area contributed by atoms with E-state index in [1.54, 1.807) is 0 Å². The molecule has 90 valence electrons. The fourth-order valence-electron chi connectivity index (χ4n) is 1.13. The van der Waals surface area contributed by atoms with Crippen LogP contribution in [0.4, 0.5) is 13.2 Å². The second-order valence-electron chi connectivity index (χ2n) is 3.22. The number of halogens is 3. The summed E-state index contributed by atoms with van der Waals surface area (Å²) in [5, 5.41) is 12.3. The first-order chi connectivity index (χ1) is 8.00. The number of nitrogens with zero attached hydrogens (tertiary/aromatic N) is 4. The van der Waals surface area contributed by atoms with Gasteiger partial charge in [-0.05, 0) is 0 Å². The summed E-state index contributed by atoms with van der Waals surface area (Å²) in [4.78, 5) is 7.55. The maximum atomic E-state index is 12.3. The Balaban J connectivity index is 2.30. The van der Waals surface area contributed by atoms with Crippen LogP contribution in [-0.4, -0.2) is 24.9 Å². The molecule has 0 spiro atoms. The van der Waals surface area contributed by atoms with Crippen LogP contribution in [0.2, 0.25) is 0 Å². The minimum Gasteiger partial charge on any atom is -0.392 e. The summed E-state index contributed by atoms with van der Waals surface area (Å²) in [7, 11) is 0. The fourth-order valence-corrected chi connectivity index (χ4v) is 1.13. The van der Waals surface area contributed by atoms with E-state index in [2.05, 4.69) is 15.1 Å². The first-order valence-corrected chi connectivity index (χ1v) is 4.55. The molecule has 0 aromatic carbocycles. The summed E-state index contributed by atoms with van der Waals surface area (Å²) in [5.74, 6) is 0.0118. The van der Waals surface area contributed by atoms with Crippen molar-refractivity contribution in [3.63, 3.8) is 0 Å². The molecule has 2 aromatic heterocycles. The van der Waals surface area contributed by atoms with Crippen molar-refractivity contribution in [3.8, 4) is 5.95 Å². The normalized spacial score (nSPS) is 11.8. The van der Waals surface area contributed by atoms with Crippen LogP contribution in [0.1, 0.15) is 11.1 Å². The molecule has 0 aliphatic rings. The van der Waals surface area contributed by atoms with E-state index >= 15 is 0 Å². The third-order valence-corrected chi connectivity index (χ3v) is 1.99. The van der Waals surface area contributed by atoms with Crippen molar-refractivity contribution >= 4 is 0 Å². The van der Waals surface area contributed by atoms with Crippen molar-refractivity contribution in [2.45, 2.75) is 12.8 Å². The van der Waals surface area contributed by atoms with Gasteiger partial charge in [0.05, 0.1) is 18.4 Å². The molecule has 0 unspecified atom stereocenters. The van der Waals surface area contributed by atoms with Crippen molar-refractivity contribution in [2.75, 3.05) is 0 Å². The Labute approximate surface area is 93.6 Å². The molecule has 2 rings (SSSR count). The third-order valence-electron chi connectivity index (χ3n) is 1.99. The summed E-state index contributed by atoms with van der Waals surface area (Å²) >= 11 is 0. The van der Waals surface area contributed by atoms with Crippen LogP contribution in [-0.2, 0) is 12.8 Å². The maximum absolute atomic E-state index is 12.3. The van der Waals surface area contributed by atoms with Gasteiger partial charge in [0, 0.05) is 24.2 Å². The quantitative estimate of drug-likeness (QED) is 0.861. The van der Waals surface area contributed by atoms with E-state index in [-0.39, 0.29) is 12.6 Å². The van der Waals surface area contributed by atoms with E-state index in [9.17, 15) is 13.2 Å². The van der Waals surface area contributed by atoms with Gasteiger partial charge in [0.15, 0.2) is 0 Å². The zero-order chi connectivity index (χ0) is 12.5. The predicted octanol–water partition coefficient (Wildman–Crippen LogP) is 1.17. The second kappa shape index (κ2) is 4.13. The highest BCUT2D eigenvalue weighted by Gasteiger charge is 2.32. The minimum atomic E-state index is -4.44. The standard InChI is InChI=1S/C9H7F3N4O/c10-9(11,12)7-3-15-16(4-7)8-13-1-6(5-17)2-14-8/h1-4,17H,5H2. The topological polar surface area (TPSA) is 63.8 Å². The Morgan fingerprint density at radius 1 is 1.18 bits per heavy atom. The second-order valence-corrected chi connectivity index (χ2v) is 3.22. The lowest BCUT2D eigenvalue weighted by atomic mass is 10.3. The fraction of sp³-hybridized carbons (Fsp3) is 0.222. The molecule has 2 heterocycles.